The minimum Gasteiger partial charge on any atom is -0.492 e. The molecule has 0 N–H and O–H groups in total. The van der Waals surface area contributed by atoms with Gasteiger partial charge in [-0.05, 0) is 25.5 Å². The summed E-state index contributed by atoms with van der Waals surface area (Å²) in [6.45, 7) is 7.07. The highest BCUT2D eigenvalue weighted by molar-refractivity contribution is 5.60. The Morgan fingerprint density at radius 3 is 2.62 bits per heavy atom. The molecular weight excluding hydrogens is 260 g/mol. The number of para-hydroxylation sites is 2. The zero-order valence-electron chi connectivity index (χ0n) is 13.4. The Morgan fingerprint density at radius 2 is 1.81 bits per heavy atom. The van der Waals surface area contributed by atoms with Crippen LogP contribution in [0.15, 0.2) is 36.7 Å². The lowest BCUT2D eigenvalue weighted by Gasteiger charge is -2.23. The van der Waals surface area contributed by atoms with Crippen LogP contribution in [0.25, 0.3) is 0 Å². The number of ether oxygens (including phenoxy) is 1. The van der Waals surface area contributed by atoms with Crippen molar-refractivity contribution in [2.75, 3.05) is 24.7 Å². The largest absolute Gasteiger partial charge is 0.492 e. The highest BCUT2D eigenvalue weighted by Gasteiger charge is 2.16. The van der Waals surface area contributed by atoms with E-state index >= 15 is 0 Å². The fourth-order valence-corrected chi connectivity index (χ4v) is 2.66. The van der Waals surface area contributed by atoms with Crippen LogP contribution in [0.4, 0.5) is 5.69 Å². The molecule has 1 heterocycles. The van der Waals surface area contributed by atoms with Gasteiger partial charge in [-0.1, -0.05) is 44.7 Å². The van der Waals surface area contributed by atoms with Gasteiger partial charge >= 0.3 is 0 Å². The fourth-order valence-electron chi connectivity index (χ4n) is 2.66. The van der Waals surface area contributed by atoms with Crippen LogP contribution < -0.4 is 9.64 Å². The third-order valence-corrected chi connectivity index (χ3v) is 3.81. The van der Waals surface area contributed by atoms with Gasteiger partial charge in [0.25, 0.3) is 0 Å². The van der Waals surface area contributed by atoms with Crippen LogP contribution in [0.3, 0.4) is 0 Å². The lowest BCUT2D eigenvalue weighted by atomic mass is 10.1. The number of hydrogen-bond donors (Lipinski definition) is 0. The predicted molar refractivity (Wildman–Crippen MR) is 89.6 cm³/mol. The zero-order valence-corrected chi connectivity index (χ0v) is 13.4. The first-order valence-electron chi connectivity index (χ1n) is 8.26. The maximum absolute atomic E-state index is 5.72. The lowest BCUT2D eigenvalue weighted by molar-refractivity contribution is 0.339. The summed E-state index contributed by atoms with van der Waals surface area (Å²) >= 11 is 0. The van der Waals surface area contributed by atoms with Crippen LogP contribution in [-0.4, -0.2) is 24.7 Å². The average molecular weight is 288 g/mol. The van der Waals surface area contributed by atoms with E-state index < -0.39 is 0 Å². The van der Waals surface area contributed by atoms with Gasteiger partial charge in [0.1, 0.15) is 5.75 Å². The van der Waals surface area contributed by atoms with Gasteiger partial charge in [0.05, 0.1) is 19.0 Å². The number of rotatable bonds is 9. The van der Waals surface area contributed by atoms with Gasteiger partial charge < -0.3 is 14.5 Å². The fraction of sp³-hybridized carbons (Fsp3) is 0.556. The highest BCUT2D eigenvalue weighted by Crippen LogP contribution is 2.30. The van der Waals surface area contributed by atoms with Gasteiger partial charge in [-0.25, -0.2) is 0 Å². The molecule has 1 aromatic rings. The molecule has 3 nitrogen and oxygen atoms in total. The van der Waals surface area contributed by atoms with Crippen molar-refractivity contribution in [3.63, 3.8) is 0 Å². The highest BCUT2D eigenvalue weighted by atomic mass is 16.5. The molecule has 1 aliphatic rings. The first-order valence-corrected chi connectivity index (χ1v) is 8.26. The van der Waals surface area contributed by atoms with E-state index in [4.69, 9.17) is 4.74 Å². The molecule has 1 aromatic carbocycles. The van der Waals surface area contributed by atoms with E-state index in [1.54, 1.807) is 0 Å². The number of anilines is 1. The van der Waals surface area contributed by atoms with Crippen molar-refractivity contribution in [2.24, 2.45) is 0 Å². The summed E-state index contributed by atoms with van der Waals surface area (Å²) in [7, 11) is 0. The van der Waals surface area contributed by atoms with Gasteiger partial charge in [-0.2, -0.15) is 0 Å². The predicted octanol–water partition coefficient (Wildman–Crippen LogP) is 4.61. The second kappa shape index (κ2) is 8.60. The lowest BCUT2D eigenvalue weighted by Crippen LogP contribution is -2.26. The van der Waals surface area contributed by atoms with E-state index in [1.165, 1.54) is 32.1 Å². The number of hydrogen-bond acceptors (Lipinski definition) is 3. The standard InChI is InChI=1S/C18H28N2O/c1-3-5-6-7-10-13-19-14-15-20(16-19)17-11-8-9-12-18(17)21-4-2/h8-9,11-12,14-15H,3-7,10,13,16H2,1-2H3. The second-order valence-electron chi connectivity index (χ2n) is 5.54. The van der Waals surface area contributed by atoms with Crippen LogP contribution in [0.1, 0.15) is 46.0 Å². The smallest absolute Gasteiger partial charge is 0.142 e. The summed E-state index contributed by atoms with van der Waals surface area (Å²) in [5, 5.41) is 0. The molecule has 21 heavy (non-hydrogen) atoms. The van der Waals surface area contributed by atoms with Gasteiger partial charge in [-0.3, -0.25) is 0 Å². The summed E-state index contributed by atoms with van der Waals surface area (Å²) in [5.41, 5.74) is 1.16. The molecule has 0 bridgehead atoms. The number of benzene rings is 1. The Morgan fingerprint density at radius 1 is 1.00 bits per heavy atom. The quantitative estimate of drug-likeness (QED) is 0.617. The maximum Gasteiger partial charge on any atom is 0.142 e. The molecule has 0 fully saturated rings. The molecule has 0 atom stereocenters. The summed E-state index contributed by atoms with van der Waals surface area (Å²) in [6.07, 6.45) is 11.0. The molecular formula is C18H28N2O. The molecule has 1 aliphatic heterocycles. The maximum atomic E-state index is 5.72. The van der Waals surface area contributed by atoms with Crippen molar-refractivity contribution in [3.05, 3.63) is 36.7 Å². The minimum absolute atomic E-state index is 0.704. The third kappa shape index (κ3) is 4.69. The Bertz CT molecular complexity index is 445. The summed E-state index contributed by atoms with van der Waals surface area (Å²) in [6, 6.07) is 8.26. The molecule has 0 amide bonds. The van der Waals surface area contributed by atoms with Crippen LogP contribution in [0.2, 0.25) is 0 Å². The Balaban J connectivity index is 1.81. The summed E-state index contributed by atoms with van der Waals surface area (Å²) < 4.78 is 5.72. The monoisotopic (exact) mass is 288 g/mol. The SMILES string of the molecule is CCCCCCCN1C=CN(c2ccccc2OCC)C1. The molecule has 0 aromatic heterocycles. The number of nitrogens with zero attached hydrogens (tertiary/aromatic N) is 2. The third-order valence-electron chi connectivity index (χ3n) is 3.81. The van der Waals surface area contributed by atoms with E-state index in [-0.39, 0.29) is 0 Å². The first-order chi connectivity index (χ1) is 10.3. The van der Waals surface area contributed by atoms with Crippen LogP contribution >= 0.6 is 0 Å². The van der Waals surface area contributed by atoms with E-state index in [9.17, 15) is 0 Å². The molecule has 0 aliphatic carbocycles. The Hall–Kier alpha value is -1.64. The summed E-state index contributed by atoms with van der Waals surface area (Å²) in [5.74, 6) is 0.967. The molecule has 3 heteroatoms. The van der Waals surface area contributed by atoms with Crippen molar-refractivity contribution in [1.82, 2.24) is 4.90 Å². The summed E-state index contributed by atoms with van der Waals surface area (Å²) in [4.78, 5) is 4.64. The van der Waals surface area contributed by atoms with Crippen LogP contribution in [0, 0.1) is 0 Å². The molecule has 116 valence electrons. The molecule has 2 rings (SSSR count). The van der Waals surface area contributed by atoms with Crippen LogP contribution in [-0.2, 0) is 0 Å². The number of unbranched alkanes of at least 4 members (excludes halogenated alkanes) is 4. The molecule has 0 saturated heterocycles. The van der Waals surface area contributed by atoms with Crippen molar-refractivity contribution in [2.45, 2.75) is 46.0 Å². The van der Waals surface area contributed by atoms with E-state index in [1.807, 2.05) is 19.1 Å². The van der Waals surface area contributed by atoms with Crippen molar-refractivity contribution < 1.29 is 4.74 Å². The average Bonchev–Trinajstić information content (AvgIpc) is 2.97. The molecule has 0 saturated carbocycles. The van der Waals surface area contributed by atoms with Gasteiger partial charge in [-0.15, -0.1) is 0 Å². The van der Waals surface area contributed by atoms with Crippen molar-refractivity contribution in [1.29, 1.82) is 0 Å². The van der Waals surface area contributed by atoms with Gasteiger partial charge in [0, 0.05) is 18.9 Å². The molecule has 0 unspecified atom stereocenters. The zero-order chi connectivity index (χ0) is 14.9. The first kappa shape index (κ1) is 15.7. The normalized spacial score (nSPS) is 14.0. The van der Waals surface area contributed by atoms with E-state index in [0.29, 0.717) is 6.61 Å². The van der Waals surface area contributed by atoms with E-state index in [2.05, 4.69) is 41.3 Å². The Kier molecular flexibility index (Phi) is 6.45. The van der Waals surface area contributed by atoms with Crippen molar-refractivity contribution in [3.8, 4) is 5.75 Å². The van der Waals surface area contributed by atoms with E-state index in [0.717, 1.165) is 24.7 Å². The Labute approximate surface area is 129 Å². The van der Waals surface area contributed by atoms with Gasteiger partial charge in [0.15, 0.2) is 0 Å². The van der Waals surface area contributed by atoms with Crippen LogP contribution in [0.5, 0.6) is 5.75 Å². The topological polar surface area (TPSA) is 15.7 Å². The van der Waals surface area contributed by atoms with Gasteiger partial charge in [0.2, 0.25) is 0 Å². The molecule has 0 spiro atoms. The minimum atomic E-state index is 0.704. The second-order valence-corrected chi connectivity index (χ2v) is 5.54. The molecule has 0 radical (unpaired) electrons. The van der Waals surface area contributed by atoms with Crippen molar-refractivity contribution >= 4 is 5.69 Å².